The van der Waals surface area contributed by atoms with Crippen molar-refractivity contribution in [2.45, 2.75) is 13.5 Å². The minimum atomic E-state index is -0.0891. The van der Waals surface area contributed by atoms with E-state index in [9.17, 15) is 4.79 Å². The summed E-state index contributed by atoms with van der Waals surface area (Å²) in [6.45, 7) is 2.91. The van der Waals surface area contributed by atoms with Gasteiger partial charge in [-0.2, -0.15) is 0 Å². The second kappa shape index (κ2) is 6.60. The maximum absolute atomic E-state index is 12.4. The second-order valence-corrected chi connectivity index (χ2v) is 5.14. The molecule has 0 atom stereocenters. The monoisotopic (exact) mass is 313 g/mol. The van der Waals surface area contributed by atoms with E-state index in [1.165, 1.54) is 0 Å². The molecule has 2 aromatic rings. The van der Waals surface area contributed by atoms with E-state index in [-0.39, 0.29) is 12.5 Å². The first-order valence-corrected chi connectivity index (χ1v) is 7.55. The Morgan fingerprint density at radius 1 is 1.17 bits per heavy atom. The first kappa shape index (κ1) is 15.2. The van der Waals surface area contributed by atoms with Crippen molar-refractivity contribution >= 4 is 11.6 Å². The summed E-state index contributed by atoms with van der Waals surface area (Å²) < 4.78 is 16.5. The molecule has 5 heteroatoms. The molecule has 0 aromatic heterocycles. The Morgan fingerprint density at radius 2 is 1.96 bits per heavy atom. The maximum Gasteiger partial charge on any atom is 0.265 e. The van der Waals surface area contributed by atoms with Gasteiger partial charge < -0.3 is 19.1 Å². The molecule has 1 aliphatic heterocycles. The van der Waals surface area contributed by atoms with Crippen LogP contribution in [-0.2, 0) is 11.3 Å². The van der Waals surface area contributed by atoms with Gasteiger partial charge in [0, 0.05) is 11.3 Å². The largest absolute Gasteiger partial charge is 0.497 e. The quantitative estimate of drug-likeness (QED) is 0.870. The maximum atomic E-state index is 12.4. The molecule has 0 saturated carbocycles. The number of carbonyl (C=O) groups is 1. The van der Waals surface area contributed by atoms with Gasteiger partial charge in [0.1, 0.15) is 5.75 Å². The molecule has 1 aliphatic rings. The lowest BCUT2D eigenvalue weighted by molar-refractivity contribution is -0.120. The van der Waals surface area contributed by atoms with Crippen LogP contribution in [0.25, 0.3) is 0 Å². The number of methoxy groups -OCH3 is 1. The van der Waals surface area contributed by atoms with Crippen LogP contribution >= 0.6 is 0 Å². The van der Waals surface area contributed by atoms with Gasteiger partial charge in [0.2, 0.25) is 0 Å². The topological polar surface area (TPSA) is 48.0 Å². The van der Waals surface area contributed by atoms with Gasteiger partial charge in [-0.3, -0.25) is 4.79 Å². The number of para-hydroxylation sites is 1. The third-order valence-electron chi connectivity index (χ3n) is 3.71. The van der Waals surface area contributed by atoms with Crippen LogP contribution in [0, 0.1) is 0 Å². The Hall–Kier alpha value is -2.69. The highest BCUT2D eigenvalue weighted by Gasteiger charge is 2.25. The van der Waals surface area contributed by atoms with Crippen molar-refractivity contribution in [1.29, 1.82) is 0 Å². The third kappa shape index (κ3) is 3.08. The highest BCUT2D eigenvalue weighted by molar-refractivity contribution is 5.95. The van der Waals surface area contributed by atoms with Crippen LogP contribution in [0.4, 0.5) is 5.69 Å². The number of carbonyl (C=O) groups excluding carboxylic acids is 1. The molecule has 2 aromatic carbocycles. The average molecular weight is 313 g/mol. The summed E-state index contributed by atoms with van der Waals surface area (Å²) in [7, 11) is 1.62. The standard InChI is InChI=1S/C18H19NO4/c1-3-22-16-6-4-5-13-11-19(17(20)12-23-18(13)16)14-7-9-15(21-2)10-8-14/h4-10H,3,11-12H2,1-2H3. The molecule has 1 amide bonds. The minimum Gasteiger partial charge on any atom is -0.497 e. The molecule has 1 heterocycles. The molecule has 0 radical (unpaired) electrons. The fourth-order valence-corrected chi connectivity index (χ4v) is 2.59. The van der Waals surface area contributed by atoms with E-state index in [0.717, 1.165) is 17.0 Å². The smallest absolute Gasteiger partial charge is 0.265 e. The van der Waals surface area contributed by atoms with E-state index in [4.69, 9.17) is 14.2 Å². The first-order chi connectivity index (χ1) is 11.2. The van der Waals surface area contributed by atoms with Gasteiger partial charge in [-0.25, -0.2) is 0 Å². The zero-order valence-electron chi connectivity index (χ0n) is 13.2. The Labute approximate surface area is 135 Å². The summed E-state index contributed by atoms with van der Waals surface area (Å²) in [5, 5.41) is 0. The van der Waals surface area contributed by atoms with E-state index in [0.29, 0.717) is 24.7 Å². The van der Waals surface area contributed by atoms with Crippen molar-refractivity contribution in [3.8, 4) is 17.2 Å². The fraction of sp³-hybridized carbons (Fsp3) is 0.278. The first-order valence-electron chi connectivity index (χ1n) is 7.55. The van der Waals surface area contributed by atoms with Gasteiger partial charge in [0.15, 0.2) is 18.1 Å². The molecule has 0 bridgehead atoms. The van der Waals surface area contributed by atoms with Crippen molar-refractivity contribution < 1.29 is 19.0 Å². The Kier molecular flexibility index (Phi) is 4.37. The molecule has 0 unspecified atom stereocenters. The van der Waals surface area contributed by atoms with Crippen LogP contribution in [0.3, 0.4) is 0 Å². The van der Waals surface area contributed by atoms with E-state index < -0.39 is 0 Å². The molecule has 0 fully saturated rings. The molecule has 0 aliphatic carbocycles. The molecule has 23 heavy (non-hydrogen) atoms. The van der Waals surface area contributed by atoms with E-state index in [1.54, 1.807) is 12.0 Å². The summed E-state index contributed by atoms with van der Waals surface area (Å²) >= 11 is 0. The van der Waals surface area contributed by atoms with E-state index in [1.807, 2.05) is 49.4 Å². The lowest BCUT2D eigenvalue weighted by Crippen LogP contribution is -2.32. The van der Waals surface area contributed by atoms with Gasteiger partial charge in [-0.05, 0) is 37.3 Å². The van der Waals surface area contributed by atoms with Crippen LogP contribution < -0.4 is 19.1 Å². The van der Waals surface area contributed by atoms with Gasteiger partial charge in [-0.15, -0.1) is 0 Å². The summed E-state index contributed by atoms with van der Waals surface area (Å²) in [5.74, 6) is 1.99. The molecule has 0 spiro atoms. The summed E-state index contributed by atoms with van der Waals surface area (Å²) in [6, 6.07) is 13.1. The fourth-order valence-electron chi connectivity index (χ4n) is 2.59. The third-order valence-corrected chi connectivity index (χ3v) is 3.71. The average Bonchev–Trinajstić information content (AvgIpc) is 2.75. The number of hydrogen-bond acceptors (Lipinski definition) is 4. The second-order valence-electron chi connectivity index (χ2n) is 5.14. The number of anilines is 1. The summed E-state index contributed by atoms with van der Waals surface area (Å²) in [5.41, 5.74) is 1.74. The molecule has 0 saturated heterocycles. The number of nitrogens with zero attached hydrogens (tertiary/aromatic N) is 1. The van der Waals surface area contributed by atoms with E-state index >= 15 is 0 Å². The van der Waals surface area contributed by atoms with Crippen LogP contribution in [-0.4, -0.2) is 26.2 Å². The molecule has 3 rings (SSSR count). The molecular weight excluding hydrogens is 294 g/mol. The predicted molar refractivity (Wildman–Crippen MR) is 87.3 cm³/mol. The highest BCUT2D eigenvalue weighted by Crippen LogP contribution is 2.35. The predicted octanol–water partition coefficient (Wildman–Crippen LogP) is 3.02. The van der Waals surface area contributed by atoms with Gasteiger partial charge in [0.05, 0.1) is 20.3 Å². The van der Waals surface area contributed by atoms with Gasteiger partial charge >= 0.3 is 0 Å². The molecular formula is C18H19NO4. The highest BCUT2D eigenvalue weighted by atomic mass is 16.5. The zero-order valence-corrected chi connectivity index (χ0v) is 13.2. The lowest BCUT2D eigenvalue weighted by atomic mass is 10.1. The van der Waals surface area contributed by atoms with Gasteiger partial charge in [-0.1, -0.05) is 12.1 Å². The van der Waals surface area contributed by atoms with Crippen LogP contribution in [0.15, 0.2) is 42.5 Å². The number of ether oxygens (including phenoxy) is 3. The Morgan fingerprint density at radius 3 is 2.65 bits per heavy atom. The molecule has 0 N–H and O–H groups in total. The van der Waals surface area contributed by atoms with Crippen molar-refractivity contribution in [3.63, 3.8) is 0 Å². The number of amides is 1. The zero-order chi connectivity index (χ0) is 16.2. The Balaban J connectivity index is 1.93. The number of fused-ring (bicyclic) bond motifs is 1. The number of benzene rings is 2. The van der Waals surface area contributed by atoms with Crippen LogP contribution in [0.5, 0.6) is 17.2 Å². The van der Waals surface area contributed by atoms with Crippen molar-refractivity contribution in [3.05, 3.63) is 48.0 Å². The van der Waals surface area contributed by atoms with Crippen molar-refractivity contribution in [1.82, 2.24) is 0 Å². The van der Waals surface area contributed by atoms with Crippen LogP contribution in [0.2, 0.25) is 0 Å². The Bertz CT molecular complexity index is 697. The molecule has 5 nitrogen and oxygen atoms in total. The number of rotatable bonds is 4. The van der Waals surface area contributed by atoms with Gasteiger partial charge in [0.25, 0.3) is 5.91 Å². The minimum absolute atomic E-state index is 0.0108. The van der Waals surface area contributed by atoms with Crippen LogP contribution in [0.1, 0.15) is 12.5 Å². The summed E-state index contributed by atoms with van der Waals surface area (Å²) in [6.07, 6.45) is 0. The van der Waals surface area contributed by atoms with Crippen molar-refractivity contribution in [2.24, 2.45) is 0 Å². The SMILES string of the molecule is CCOc1cccc2c1OCC(=O)N(c1ccc(OC)cc1)C2. The van der Waals surface area contributed by atoms with Crippen molar-refractivity contribution in [2.75, 3.05) is 25.2 Å². The normalized spacial score (nSPS) is 13.8. The summed E-state index contributed by atoms with van der Waals surface area (Å²) in [4.78, 5) is 14.1. The van der Waals surface area contributed by atoms with E-state index in [2.05, 4.69) is 0 Å². The number of hydrogen-bond donors (Lipinski definition) is 0. The molecule has 120 valence electrons. The lowest BCUT2D eigenvalue weighted by Gasteiger charge is -2.20.